The number of amides is 2. The number of nitrogens with zero attached hydrogens (tertiary/aromatic N) is 1. The Hall–Kier alpha value is -2.73. The molecule has 0 radical (unpaired) electrons. The number of hydrogen-bond donors (Lipinski definition) is 2. The van der Waals surface area contributed by atoms with Crippen molar-refractivity contribution in [3.63, 3.8) is 0 Å². The van der Waals surface area contributed by atoms with Crippen molar-refractivity contribution >= 4 is 17.5 Å². The molecule has 1 heterocycles. The van der Waals surface area contributed by atoms with Gasteiger partial charge in [0.2, 0.25) is 11.8 Å². The first-order valence-corrected chi connectivity index (χ1v) is 9.65. The Kier molecular flexibility index (Phi) is 6.76. The summed E-state index contributed by atoms with van der Waals surface area (Å²) in [4.78, 5) is 26.9. The normalized spacial score (nSPS) is 16.4. The van der Waals surface area contributed by atoms with Crippen molar-refractivity contribution in [1.29, 1.82) is 0 Å². The summed E-state index contributed by atoms with van der Waals surface area (Å²) in [5.74, 6) is -0.406. The van der Waals surface area contributed by atoms with Gasteiger partial charge in [-0.3, -0.25) is 14.5 Å². The number of piperidine rings is 1. The van der Waals surface area contributed by atoms with E-state index in [-0.39, 0.29) is 29.6 Å². The lowest BCUT2D eigenvalue weighted by Crippen LogP contribution is -2.48. The highest BCUT2D eigenvalue weighted by Crippen LogP contribution is 2.20. The number of benzene rings is 2. The van der Waals surface area contributed by atoms with Gasteiger partial charge in [-0.1, -0.05) is 30.3 Å². The Labute approximate surface area is 164 Å². The van der Waals surface area contributed by atoms with E-state index in [0.29, 0.717) is 25.3 Å². The Morgan fingerprint density at radius 2 is 1.71 bits per heavy atom. The highest BCUT2D eigenvalue weighted by molar-refractivity contribution is 5.94. The molecule has 1 aliphatic rings. The number of carbonyl (C=O) groups excluding carboxylic acids is 2. The van der Waals surface area contributed by atoms with Gasteiger partial charge in [0.1, 0.15) is 5.82 Å². The van der Waals surface area contributed by atoms with Gasteiger partial charge >= 0.3 is 0 Å². The molecule has 148 valence electrons. The van der Waals surface area contributed by atoms with Crippen molar-refractivity contribution in [2.24, 2.45) is 5.92 Å². The first-order valence-electron chi connectivity index (χ1n) is 9.65. The molecular formula is C22H26FN3O2. The molecule has 1 saturated heterocycles. The summed E-state index contributed by atoms with van der Waals surface area (Å²) in [6.45, 7) is 3.79. The van der Waals surface area contributed by atoms with Crippen molar-refractivity contribution in [2.45, 2.75) is 32.4 Å². The van der Waals surface area contributed by atoms with Crippen LogP contribution in [-0.4, -0.2) is 35.8 Å². The van der Waals surface area contributed by atoms with Crippen LogP contribution in [0.4, 0.5) is 10.1 Å². The predicted octanol–water partition coefficient (Wildman–Crippen LogP) is 3.18. The Morgan fingerprint density at radius 1 is 1.07 bits per heavy atom. The van der Waals surface area contributed by atoms with E-state index >= 15 is 0 Å². The van der Waals surface area contributed by atoms with Crippen molar-refractivity contribution in [3.8, 4) is 0 Å². The molecular weight excluding hydrogens is 357 g/mol. The molecule has 2 aromatic rings. The van der Waals surface area contributed by atoms with Crippen LogP contribution in [0.1, 0.15) is 25.3 Å². The first-order chi connectivity index (χ1) is 13.5. The van der Waals surface area contributed by atoms with Gasteiger partial charge in [0.05, 0.1) is 6.04 Å². The molecule has 1 aliphatic heterocycles. The molecule has 0 spiro atoms. The number of carbonyl (C=O) groups is 2. The summed E-state index contributed by atoms with van der Waals surface area (Å²) in [6.07, 6.45) is 1.46. The van der Waals surface area contributed by atoms with Gasteiger partial charge in [0, 0.05) is 18.2 Å². The molecule has 2 amide bonds. The molecule has 0 aromatic heterocycles. The minimum absolute atomic E-state index is 0.0210. The van der Waals surface area contributed by atoms with Crippen LogP contribution >= 0.6 is 0 Å². The van der Waals surface area contributed by atoms with Crippen LogP contribution in [0.2, 0.25) is 0 Å². The maximum atomic E-state index is 13.0. The van der Waals surface area contributed by atoms with E-state index in [2.05, 4.69) is 15.5 Å². The average Bonchev–Trinajstić information content (AvgIpc) is 2.74. The van der Waals surface area contributed by atoms with Crippen LogP contribution in [-0.2, 0) is 16.1 Å². The second kappa shape index (κ2) is 9.46. The number of nitrogens with one attached hydrogen (secondary N) is 2. The molecule has 3 rings (SSSR count). The molecule has 6 heteroatoms. The van der Waals surface area contributed by atoms with E-state index in [0.717, 1.165) is 18.4 Å². The Balaban J connectivity index is 1.44. The van der Waals surface area contributed by atoms with Crippen LogP contribution in [0, 0.1) is 11.7 Å². The summed E-state index contributed by atoms with van der Waals surface area (Å²) in [5.41, 5.74) is 1.66. The number of anilines is 1. The van der Waals surface area contributed by atoms with Crippen molar-refractivity contribution in [3.05, 3.63) is 66.0 Å². The van der Waals surface area contributed by atoms with Crippen LogP contribution in [0.5, 0.6) is 0 Å². The molecule has 0 saturated carbocycles. The topological polar surface area (TPSA) is 61.4 Å². The summed E-state index contributed by atoms with van der Waals surface area (Å²) in [6, 6.07) is 15.3. The zero-order valence-electron chi connectivity index (χ0n) is 16.0. The van der Waals surface area contributed by atoms with E-state index in [1.54, 1.807) is 12.1 Å². The van der Waals surface area contributed by atoms with Crippen LogP contribution in [0.3, 0.4) is 0 Å². The Morgan fingerprint density at radius 3 is 2.36 bits per heavy atom. The van der Waals surface area contributed by atoms with Crippen molar-refractivity contribution in [2.75, 3.05) is 18.4 Å². The summed E-state index contributed by atoms with van der Waals surface area (Å²) < 4.78 is 13.0. The third-order valence-corrected chi connectivity index (χ3v) is 5.25. The standard InChI is InChI=1S/C22H26FN3O2/c1-16(21(27)25-20-9-7-19(23)8-10-20)26-13-11-18(12-14-26)22(28)24-15-17-5-3-2-4-6-17/h2-10,16,18H,11-15H2,1H3,(H,24,28)(H,25,27)/t16-/m1/s1. The largest absolute Gasteiger partial charge is 0.352 e. The molecule has 28 heavy (non-hydrogen) atoms. The molecule has 0 unspecified atom stereocenters. The Bertz CT molecular complexity index is 787. The average molecular weight is 383 g/mol. The first kappa shape index (κ1) is 20.0. The number of hydrogen-bond acceptors (Lipinski definition) is 3. The summed E-state index contributed by atoms with van der Waals surface area (Å²) in [7, 11) is 0. The molecule has 0 aliphatic carbocycles. The summed E-state index contributed by atoms with van der Waals surface area (Å²) >= 11 is 0. The maximum absolute atomic E-state index is 13.0. The highest BCUT2D eigenvalue weighted by atomic mass is 19.1. The molecule has 5 nitrogen and oxygen atoms in total. The van der Waals surface area contributed by atoms with Gasteiger partial charge in [-0.05, 0) is 62.7 Å². The smallest absolute Gasteiger partial charge is 0.241 e. The van der Waals surface area contributed by atoms with Crippen LogP contribution < -0.4 is 10.6 Å². The minimum atomic E-state index is -0.335. The number of rotatable bonds is 6. The zero-order valence-corrected chi connectivity index (χ0v) is 16.0. The lowest BCUT2D eigenvalue weighted by Gasteiger charge is -2.34. The fourth-order valence-electron chi connectivity index (χ4n) is 3.42. The van der Waals surface area contributed by atoms with Crippen molar-refractivity contribution < 1.29 is 14.0 Å². The van der Waals surface area contributed by atoms with Crippen LogP contribution in [0.25, 0.3) is 0 Å². The lowest BCUT2D eigenvalue weighted by molar-refractivity contribution is -0.127. The van der Waals surface area contributed by atoms with Crippen molar-refractivity contribution in [1.82, 2.24) is 10.2 Å². The second-order valence-corrected chi connectivity index (χ2v) is 7.19. The van der Waals surface area contributed by atoms with Gasteiger partial charge in [0.25, 0.3) is 0 Å². The summed E-state index contributed by atoms with van der Waals surface area (Å²) in [5, 5.41) is 5.82. The fourth-order valence-corrected chi connectivity index (χ4v) is 3.42. The van der Waals surface area contributed by atoms with Gasteiger partial charge < -0.3 is 10.6 Å². The van der Waals surface area contributed by atoms with E-state index < -0.39 is 0 Å². The second-order valence-electron chi connectivity index (χ2n) is 7.19. The third-order valence-electron chi connectivity index (χ3n) is 5.25. The fraction of sp³-hybridized carbons (Fsp3) is 0.364. The predicted molar refractivity (Wildman–Crippen MR) is 107 cm³/mol. The molecule has 1 atom stereocenters. The van der Waals surface area contributed by atoms with E-state index in [1.807, 2.05) is 37.3 Å². The van der Waals surface area contributed by atoms with Gasteiger partial charge in [-0.15, -0.1) is 0 Å². The SMILES string of the molecule is C[C@H](C(=O)Nc1ccc(F)cc1)N1CCC(C(=O)NCc2ccccc2)CC1. The van der Waals surface area contributed by atoms with Crippen LogP contribution in [0.15, 0.2) is 54.6 Å². The zero-order chi connectivity index (χ0) is 19.9. The van der Waals surface area contributed by atoms with E-state index in [1.165, 1.54) is 12.1 Å². The number of halogens is 1. The van der Waals surface area contributed by atoms with Gasteiger partial charge in [0.15, 0.2) is 0 Å². The maximum Gasteiger partial charge on any atom is 0.241 e. The highest BCUT2D eigenvalue weighted by Gasteiger charge is 2.29. The molecule has 0 bridgehead atoms. The third kappa shape index (κ3) is 5.39. The molecule has 2 aromatic carbocycles. The molecule has 1 fully saturated rings. The lowest BCUT2D eigenvalue weighted by atomic mass is 9.94. The quantitative estimate of drug-likeness (QED) is 0.805. The molecule has 2 N–H and O–H groups in total. The van der Waals surface area contributed by atoms with Gasteiger partial charge in [-0.25, -0.2) is 4.39 Å². The van der Waals surface area contributed by atoms with Gasteiger partial charge in [-0.2, -0.15) is 0 Å². The minimum Gasteiger partial charge on any atom is -0.352 e. The monoisotopic (exact) mass is 383 g/mol. The number of likely N-dealkylation sites (tertiary alicyclic amines) is 1. The van der Waals surface area contributed by atoms with E-state index in [9.17, 15) is 14.0 Å². The van der Waals surface area contributed by atoms with E-state index in [4.69, 9.17) is 0 Å².